The number of phenolic OH excluding ortho intramolecular Hbond substituents is 1. The number of nitrogens with one attached hydrogen (secondary N) is 1. The van der Waals surface area contributed by atoms with Gasteiger partial charge in [-0.1, -0.05) is 18.2 Å². The van der Waals surface area contributed by atoms with Crippen molar-refractivity contribution >= 4 is 17.8 Å². The zero-order chi connectivity index (χ0) is 29.8. The van der Waals surface area contributed by atoms with Crippen LogP contribution in [-0.4, -0.2) is 23.0 Å². The van der Waals surface area contributed by atoms with E-state index in [9.17, 15) is 24.8 Å². The first kappa shape index (κ1) is 28.6. The summed E-state index contributed by atoms with van der Waals surface area (Å²) in [4.78, 5) is 38.1. The molecule has 3 aromatic carbocycles. The predicted molar refractivity (Wildman–Crippen MR) is 148 cm³/mol. The van der Waals surface area contributed by atoms with Crippen LogP contribution in [0.15, 0.2) is 59.2 Å². The molecule has 0 saturated heterocycles. The van der Waals surface area contributed by atoms with Crippen LogP contribution in [-0.2, 0) is 11.3 Å². The predicted octanol–water partition coefficient (Wildman–Crippen LogP) is 4.94. The second kappa shape index (κ2) is 11.8. The maximum Gasteiger partial charge on any atom is 0.382 e. The molecule has 4 aromatic rings. The van der Waals surface area contributed by atoms with Crippen LogP contribution in [0.2, 0.25) is 0 Å². The minimum atomic E-state index is -1.25. The molecule has 1 heterocycles. The van der Waals surface area contributed by atoms with Crippen LogP contribution in [0.4, 0.5) is 0 Å². The van der Waals surface area contributed by atoms with Gasteiger partial charge in [-0.25, -0.2) is 15.4 Å². The van der Waals surface area contributed by atoms with Gasteiger partial charge >= 0.3 is 11.9 Å². The summed E-state index contributed by atoms with van der Waals surface area (Å²) in [5, 5.41) is 19.3. The smallest absolute Gasteiger partial charge is 0.382 e. The van der Waals surface area contributed by atoms with Crippen molar-refractivity contribution in [2.45, 2.75) is 34.3 Å². The van der Waals surface area contributed by atoms with Crippen molar-refractivity contribution in [1.82, 2.24) is 5.43 Å². The summed E-state index contributed by atoms with van der Waals surface area (Å²) < 4.78 is 16.4. The molecule has 0 unspecified atom stereocenters. The average Bonchev–Trinajstić information content (AvgIpc) is 3.46. The highest BCUT2D eigenvalue weighted by molar-refractivity contribution is 6.11. The lowest BCUT2D eigenvalue weighted by Gasteiger charge is -2.16. The molecule has 41 heavy (non-hydrogen) atoms. The number of nitriles is 1. The standard InChI is InChI=1S/C31H27N3O7/c1-16-12-17(2)19(4)25(18(16)3)15-40-21-7-5-6-20(13-21)22-10-11-39-28(22)31(38)41-30(37)23-8-9-26(35)24(14-32)27(23)29(36)34-33/h5-13,35H,15,33H2,1-4H3,(H,34,36). The molecular formula is C31H27N3O7. The van der Waals surface area contributed by atoms with Crippen LogP contribution in [0.25, 0.3) is 11.1 Å². The third-order valence-electron chi connectivity index (χ3n) is 6.96. The molecule has 0 saturated carbocycles. The zero-order valence-corrected chi connectivity index (χ0v) is 22.8. The minimum absolute atomic E-state index is 0.263. The molecule has 208 valence electrons. The maximum absolute atomic E-state index is 13.0. The van der Waals surface area contributed by atoms with E-state index in [-0.39, 0.29) is 5.76 Å². The normalized spacial score (nSPS) is 10.5. The molecule has 0 aliphatic heterocycles. The van der Waals surface area contributed by atoms with E-state index < -0.39 is 40.3 Å². The Kier molecular flexibility index (Phi) is 8.21. The Morgan fingerprint density at radius 3 is 2.37 bits per heavy atom. The Morgan fingerprint density at radius 1 is 1.00 bits per heavy atom. The van der Waals surface area contributed by atoms with Crippen molar-refractivity contribution in [1.29, 1.82) is 5.26 Å². The zero-order valence-electron chi connectivity index (χ0n) is 22.8. The Labute approximate surface area is 235 Å². The Hall–Kier alpha value is -5.40. The molecule has 0 bridgehead atoms. The molecule has 0 fully saturated rings. The van der Waals surface area contributed by atoms with Gasteiger partial charge in [-0.15, -0.1) is 0 Å². The number of esters is 2. The number of ether oxygens (including phenoxy) is 2. The van der Waals surface area contributed by atoms with Gasteiger partial charge in [-0.2, -0.15) is 5.26 Å². The van der Waals surface area contributed by atoms with Gasteiger partial charge in [0, 0.05) is 5.56 Å². The Morgan fingerprint density at radius 2 is 1.71 bits per heavy atom. The van der Waals surface area contributed by atoms with E-state index in [4.69, 9.17) is 19.7 Å². The molecule has 0 spiro atoms. The van der Waals surface area contributed by atoms with Crippen molar-refractivity contribution < 1.29 is 33.4 Å². The van der Waals surface area contributed by atoms with Gasteiger partial charge in [0.15, 0.2) is 0 Å². The minimum Gasteiger partial charge on any atom is -0.507 e. The SMILES string of the molecule is Cc1cc(C)c(C)c(COc2cccc(-c3ccoc3C(=O)OC(=O)c3ccc(O)c(C#N)c3C(=O)NN)c2)c1C. The molecule has 1 amide bonds. The number of phenols is 1. The van der Waals surface area contributed by atoms with E-state index in [1.54, 1.807) is 41.8 Å². The fourth-order valence-corrected chi connectivity index (χ4v) is 4.49. The summed E-state index contributed by atoms with van der Waals surface area (Å²) in [7, 11) is 0. The first-order valence-electron chi connectivity index (χ1n) is 12.5. The molecule has 4 rings (SSSR count). The molecule has 4 N–H and O–H groups in total. The van der Waals surface area contributed by atoms with E-state index in [1.807, 2.05) is 0 Å². The van der Waals surface area contributed by atoms with Crippen LogP contribution < -0.4 is 16.0 Å². The van der Waals surface area contributed by atoms with Crippen molar-refractivity contribution in [3.05, 3.63) is 105 Å². The number of hydrogen-bond donors (Lipinski definition) is 3. The van der Waals surface area contributed by atoms with Crippen LogP contribution >= 0.6 is 0 Å². The lowest BCUT2D eigenvalue weighted by Crippen LogP contribution is -2.32. The van der Waals surface area contributed by atoms with Crippen LogP contribution in [0, 0.1) is 39.0 Å². The fourth-order valence-electron chi connectivity index (χ4n) is 4.49. The number of carbonyl (C=O) groups is 3. The summed E-state index contributed by atoms with van der Waals surface area (Å²) >= 11 is 0. The summed E-state index contributed by atoms with van der Waals surface area (Å²) in [6.07, 6.45) is 1.27. The lowest BCUT2D eigenvalue weighted by molar-refractivity contribution is 0.0374. The number of aryl methyl sites for hydroxylation is 2. The van der Waals surface area contributed by atoms with Gasteiger partial charge < -0.3 is 19.0 Å². The monoisotopic (exact) mass is 553 g/mol. The van der Waals surface area contributed by atoms with Gasteiger partial charge in [-0.3, -0.25) is 10.2 Å². The van der Waals surface area contributed by atoms with E-state index in [0.717, 1.165) is 28.8 Å². The largest absolute Gasteiger partial charge is 0.507 e. The number of furan rings is 1. The van der Waals surface area contributed by atoms with Crippen LogP contribution in [0.3, 0.4) is 0 Å². The first-order valence-corrected chi connectivity index (χ1v) is 12.5. The summed E-state index contributed by atoms with van der Waals surface area (Å²) in [6.45, 7) is 8.61. The number of carbonyl (C=O) groups excluding carboxylic acids is 3. The molecule has 0 radical (unpaired) electrons. The van der Waals surface area contributed by atoms with Gasteiger partial charge in [-0.05, 0) is 91.4 Å². The van der Waals surface area contributed by atoms with Gasteiger partial charge in [0.2, 0.25) is 5.76 Å². The van der Waals surface area contributed by atoms with Crippen LogP contribution in [0.1, 0.15) is 64.7 Å². The Bertz CT molecular complexity index is 1700. The van der Waals surface area contributed by atoms with Gasteiger partial charge in [0.1, 0.15) is 29.7 Å². The Balaban J connectivity index is 1.58. The summed E-state index contributed by atoms with van der Waals surface area (Å²) in [6, 6.07) is 14.4. The number of hydrazine groups is 1. The molecule has 0 atom stereocenters. The second-order valence-corrected chi connectivity index (χ2v) is 9.36. The molecule has 10 nitrogen and oxygen atoms in total. The maximum atomic E-state index is 13.0. The quantitative estimate of drug-likeness (QED) is 0.0945. The first-order chi connectivity index (χ1) is 19.6. The summed E-state index contributed by atoms with van der Waals surface area (Å²) in [5.74, 6) is 1.51. The van der Waals surface area contributed by atoms with Crippen molar-refractivity contribution in [2.75, 3.05) is 0 Å². The second-order valence-electron chi connectivity index (χ2n) is 9.36. The molecule has 0 aliphatic carbocycles. The third kappa shape index (κ3) is 5.66. The number of aromatic hydroxyl groups is 1. The highest BCUT2D eigenvalue weighted by atomic mass is 16.6. The highest BCUT2D eigenvalue weighted by Gasteiger charge is 2.28. The highest BCUT2D eigenvalue weighted by Crippen LogP contribution is 2.31. The van der Waals surface area contributed by atoms with Gasteiger partial charge in [0.05, 0.1) is 17.4 Å². The number of amides is 1. The average molecular weight is 554 g/mol. The molecule has 10 heteroatoms. The number of hydrogen-bond acceptors (Lipinski definition) is 9. The number of benzene rings is 3. The topological polar surface area (TPSA) is 165 Å². The number of nitrogens with two attached hydrogens (primary N) is 1. The van der Waals surface area contributed by atoms with Crippen molar-refractivity contribution in [3.63, 3.8) is 0 Å². The van der Waals surface area contributed by atoms with E-state index in [1.165, 1.54) is 17.4 Å². The van der Waals surface area contributed by atoms with Crippen molar-refractivity contribution in [3.8, 4) is 28.7 Å². The third-order valence-corrected chi connectivity index (χ3v) is 6.96. The van der Waals surface area contributed by atoms with E-state index >= 15 is 0 Å². The van der Waals surface area contributed by atoms with Crippen LogP contribution in [0.5, 0.6) is 11.5 Å². The fraction of sp³-hybridized carbons (Fsp3) is 0.161. The molecule has 1 aromatic heterocycles. The molecule has 0 aliphatic rings. The number of nitrogen functional groups attached to an aromatic ring is 1. The summed E-state index contributed by atoms with van der Waals surface area (Å²) in [5.41, 5.74) is 7.03. The number of rotatable bonds is 7. The van der Waals surface area contributed by atoms with Gasteiger partial charge in [0.25, 0.3) is 5.91 Å². The lowest BCUT2D eigenvalue weighted by atomic mass is 9.95. The van der Waals surface area contributed by atoms with E-state index in [2.05, 4.69) is 33.8 Å². The molecular weight excluding hydrogens is 526 g/mol. The van der Waals surface area contributed by atoms with Crippen molar-refractivity contribution in [2.24, 2.45) is 5.84 Å². The van der Waals surface area contributed by atoms with E-state index in [0.29, 0.717) is 23.5 Å². The number of nitrogens with zero attached hydrogens (tertiary/aromatic N) is 1.